The third kappa shape index (κ3) is 4.57. The minimum Gasteiger partial charge on any atom is -0.467 e. The summed E-state index contributed by atoms with van der Waals surface area (Å²) < 4.78 is 13.2. The Balaban J connectivity index is 1.45. The molecule has 0 saturated carbocycles. The molecule has 2 aromatic heterocycles. The van der Waals surface area contributed by atoms with Crippen LogP contribution in [0.15, 0.2) is 52.0 Å². The number of thioether (sulfide) groups is 1. The maximum Gasteiger partial charge on any atom is 0.294 e. The van der Waals surface area contributed by atoms with Gasteiger partial charge in [0, 0.05) is 30.5 Å². The van der Waals surface area contributed by atoms with Crippen molar-refractivity contribution in [2.24, 2.45) is 0 Å². The van der Waals surface area contributed by atoms with Gasteiger partial charge < -0.3 is 18.6 Å². The Morgan fingerprint density at radius 1 is 1.19 bits per heavy atom. The molecule has 3 aromatic rings. The van der Waals surface area contributed by atoms with Gasteiger partial charge in [0.05, 0.1) is 41.5 Å². The van der Waals surface area contributed by atoms with Gasteiger partial charge >= 0.3 is 0 Å². The summed E-state index contributed by atoms with van der Waals surface area (Å²) in [5, 5.41) is 11.9. The second-order valence-corrected chi connectivity index (χ2v) is 10.2. The SMILES string of the molecule is Cc1cc(/C=C2\SC(=S)N(Cc3ccco3)C2=O)c(C)n1-c1ccc(N2CCOCC2)c([N+](=O)[O-])c1. The summed E-state index contributed by atoms with van der Waals surface area (Å²) in [6, 6.07) is 10.9. The smallest absolute Gasteiger partial charge is 0.294 e. The number of hydrogen-bond acceptors (Lipinski definition) is 8. The molecule has 1 amide bonds. The third-order valence-corrected chi connectivity index (χ3v) is 7.67. The van der Waals surface area contributed by atoms with Crippen molar-refractivity contribution in [1.82, 2.24) is 9.47 Å². The van der Waals surface area contributed by atoms with Gasteiger partial charge in [-0.05, 0) is 55.8 Å². The number of ether oxygens (including phenoxy) is 1. The lowest BCUT2D eigenvalue weighted by atomic mass is 10.2. The average molecular weight is 525 g/mol. The first-order valence-electron chi connectivity index (χ1n) is 11.4. The maximum absolute atomic E-state index is 13.0. The van der Waals surface area contributed by atoms with Crippen molar-refractivity contribution in [2.75, 3.05) is 31.2 Å². The number of carbonyl (C=O) groups is 1. The Kier molecular flexibility index (Phi) is 6.69. The molecule has 186 valence electrons. The van der Waals surface area contributed by atoms with Crippen LogP contribution < -0.4 is 4.90 Å². The number of benzene rings is 1. The average Bonchev–Trinajstić information content (AvgIpc) is 3.55. The van der Waals surface area contributed by atoms with E-state index >= 15 is 0 Å². The van der Waals surface area contributed by atoms with E-state index in [1.54, 1.807) is 30.5 Å². The van der Waals surface area contributed by atoms with Crippen LogP contribution in [0, 0.1) is 24.0 Å². The van der Waals surface area contributed by atoms with Crippen LogP contribution in [-0.4, -0.2) is 50.9 Å². The minimum atomic E-state index is -0.340. The van der Waals surface area contributed by atoms with Crippen LogP contribution in [0.1, 0.15) is 22.7 Å². The van der Waals surface area contributed by atoms with E-state index in [2.05, 4.69) is 0 Å². The predicted molar refractivity (Wildman–Crippen MR) is 142 cm³/mol. The molecule has 0 bridgehead atoms. The maximum atomic E-state index is 13.0. The molecule has 4 heterocycles. The van der Waals surface area contributed by atoms with Gasteiger partial charge in [-0.1, -0.05) is 24.0 Å². The molecule has 2 aliphatic rings. The molecule has 2 aliphatic heterocycles. The lowest BCUT2D eigenvalue weighted by molar-refractivity contribution is -0.384. The number of nitrogens with zero attached hydrogens (tertiary/aromatic N) is 4. The molecule has 0 unspecified atom stereocenters. The van der Waals surface area contributed by atoms with Crippen molar-refractivity contribution in [3.63, 3.8) is 0 Å². The zero-order valence-electron chi connectivity index (χ0n) is 19.8. The van der Waals surface area contributed by atoms with Gasteiger partial charge in [0.25, 0.3) is 11.6 Å². The number of rotatable bonds is 6. The van der Waals surface area contributed by atoms with Crippen LogP contribution in [0.4, 0.5) is 11.4 Å². The van der Waals surface area contributed by atoms with Gasteiger partial charge in [0.15, 0.2) is 0 Å². The van der Waals surface area contributed by atoms with Crippen molar-refractivity contribution < 1.29 is 18.9 Å². The Labute approximate surface area is 217 Å². The lowest BCUT2D eigenvalue weighted by Gasteiger charge is -2.28. The van der Waals surface area contributed by atoms with E-state index in [0.29, 0.717) is 52.7 Å². The van der Waals surface area contributed by atoms with Crippen LogP contribution in [0.5, 0.6) is 0 Å². The topological polar surface area (TPSA) is 94.0 Å². The number of morpholine rings is 1. The van der Waals surface area contributed by atoms with E-state index in [-0.39, 0.29) is 23.1 Å². The molecule has 36 heavy (non-hydrogen) atoms. The quantitative estimate of drug-likeness (QED) is 0.196. The summed E-state index contributed by atoms with van der Waals surface area (Å²) in [5.74, 6) is 0.490. The van der Waals surface area contributed by atoms with Gasteiger partial charge in [0.2, 0.25) is 0 Å². The van der Waals surface area contributed by atoms with Crippen LogP contribution in [0.3, 0.4) is 0 Å². The summed E-state index contributed by atoms with van der Waals surface area (Å²) in [7, 11) is 0. The number of thiocarbonyl (C=S) groups is 1. The van der Waals surface area contributed by atoms with E-state index in [9.17, 15) is 14.9 Å². The number of aryl methyl sites for hydroxylation is 1. The number of carbonyl (C=O) groups excluding carboxylic acids is 1. The predicted octanol–water partition coefficient (Wildman–Crippen LogP) is 4.83. The third-order valence-electron chi connectivity index (χ3n) is 6.29. The molecule has 2 fully saturated rings. The number of hydrogen-bond donors (Lipinski definition) is 0. The Bertz CT molecular complexity index is 1370. The molecule has 2 saturated heterocycles. The summed E-state index contributed by atoms with van der Waals surface area (Å²) in [6.45, 7) is 6.48. The monoisotopic (exact) mass is 524 g/mol. The van der Waals surface area contributed by atoms with Crippen LogP contribution in [0.2, 0.25) is 0 Å². The number of nitro benzene ring substituents is 1. The highest BCUT2D eigenvalue weighted by molar-refractivity contribution is 8.26. The van der Waals surface area contributed by atoms with Gasteiger partial charge in [-0.2, -0.15) is 0 Å². The molecule has 5 rings (SSSR count). The molecule has 0 atom stereocenters. The molecule has 0 aliphatic carbocycles. The normalized spacial score (nSPS) is 17.4. The fourth-order valence-corrected chi connectivity index (χ4v) is 5.78. The number of anilines is 1. The van der Waals surface area contributed by atoms with Crippen molar-refractivity contribution in [3.8, 4) is 5.69 Å². The molecule has 1 aromatic carbocycles. The summed E-state index contributed by atoms with van der Waals surface area (Å²) in [4.78, 5) is 28.7. The molecule has 11 heteroatoms. The highest BCUT2D eigenvalue weighted by Crippen LogP contribution is 2.36. The lowest BCUT2D eigenvalue weighted by Crippen LogP contribution is -2.36. The van der Waals surface area contributed by atoms with E-state index in [0.717, 1.165) is 17.0 Å². The van der Waals surface area contributed by atoms with Gasteiger partial charge in [-0.3, -0.25) is 19.8 Å². The number of amides is 1. The fourth-order valence-electron chi connectivity index (χ4n) is 4.54. The first-order chi connectivity index (χ1) is 17.3. The first kappa shape index (κ1) is 24.3. The van der Waals surface area contributed by atoms with Crippen LogP contribution in [0.25, 0.3) is 11.8 Å². The van der Waals surface area contributed by atoms with Crippen molar-refractivity contribution in [2.45, 2.75) is 20.4 Å². The Morgan fingerprint density at radius 2 is 1.97 bits per heavy atom. The Hall–Kier alpha value is -3.41. The number of nitro groups is 1. The number of aromatic nitrogens is 1. The van der Waals surface area contributed by atoms with Crippen molar-refractivity contribution in [3.05, 3.63) is 80.4 Å². The molecule has 0 radical (unpaired) electrons. The van der Waals surface area contributed by atoms with E-state index < -0.39 is 0 Å². The molecule has 9 nitrogen and oxygen atoms in total. The fraction of sp³-hybridized carbons (Fsp3) is 0.280. The van der Waals surface area contributed by atoms with Crippen molar-refractivity contribution in [1.29, 1.82) is 0 Å². The van der Waals surface area contributed by atoms with Gasteiger partial charge in [-0.15, -0.1) is 0 Å². The van der Waals surface area contributed by atoms with E-state index in [1.165, 1.54) is 16.7 Å². The highest BCUT2D eigenvalue weighted by atomic mass is 32.2. The molecule has 0 N–H and O–H groups in total. The van der Waals surface area contributed by atoms with Crippen LogP contribution >= 0.6 is 24.0 Å². The van der Waals surface area contributed by atoms with Crippen molar-refractivity contribution >= 4 is 51.7 Å². The summed E-state index contributed by atoms with van der Waals surface area (Å²) in [5.41, 5.74) is 3.97. The van der Waals surface area contributed by atoms with Crippen LogP contribution in [-0.2, 0) is 16.1 Å². The van der Waals surface area contributed by atoms with Gasteiger partial charge in [-0.25, -0.2) is 0 Å². The molecular formula is C25H24N4O5S2. The van der Waals surface area contributed by atoms with E-state index in [1.807, 2.05) is 41.5 Å². The highest BCUT2D eigenvalue weighted by Gasteiger charge is 2.33. The summed E-state index contributed by atoms with van der Waals surface area (Å²) >= 11 is 6.69. The second-order valence-electron chi connectivity index (χ2n) is 8.54. The number of furan rings is 1. The summed E-state index contributed by atoms with van der Waals surface area (Å²) in [6.07, 6.45) is 3.40. The largest absolute Gasteiger partial charge is 0.467 e. The second kappa shape index (κ2) is 9.92. The van der Waals surface area contributed by atoms with Gasteiger partial charge in [0.1, 0.15) is 15.8 Å². The molecular weight excluding hydrogens is 500 g/mol. The minimum absolute atomic E-state index is 0.0576. The standard InChI is InChI=1S/C25H24N4O5S2/c1-16-12-18(13-23-24(30)27(25(35)36-23)15-20-4-3-9-34-20)17(2)28(16)19-5-6-21(22(14-19)29(31)32)26-7-10-33-11-8-26/h3-6,9,12-14H,7-8,10-11,15H2,1-2H3/b23-13-. The first-order valence-corrected chi connectivity index (χ1v) is 12.6. The van der Waals surface area contributed by atoms with E-state index in [4.69, 9.17) is 21.4 Å². The zero-order chi connectivity index (χ0) is 25.4. The Morgan fingerprint density at radius 3 is 2.67 bits per heavy atom. The zero-order valence-corrected chi connectivity index (χ0v) is 21.4. The molecule has 0 spiro atoms.